The highest BCUT2D eigenvalue weighted by Crippen LogP contribution is 2.25. The number of nitrogens with zero attached hydrogens (tertiary/aromatic N) is 4. The largest absolute Gasteiger partial charge is 0.354 e. The van der Waals surface area contributed by atoms with E-state index in [1.165, 1.54) is 42.8 Å². The summed E-state index contributed by atoms with van der Waals surface area (Å²) in [7, 11) is 6.04. The first-order valence-electron chi connectivity index (χ1n) is 9.91. The highest BCUT2D eigenvalue weighted by atomic mass is 127. The Labute approximate surface area is 186 Å². The van der Waals surface area contributed by atoms with Gasteiger partial charge in [0.05, 0.1) is 12.6 Å². The van der Waals surface area contributed by atoms with Crippen LogP contribution in [0.1, 0.15) is 35.7 Å². The smallest absolute Gasteiger partial charge is 0.193 e. The zero-order chi connectivity index (χ0) is 19.2. The van der Waals surface area contributed by atoms with Crippen LogP contribution in [0.2, 0.25) is 0 Å². The van der Waals surface area contributed by atoms with E-state index >= 15 is 0 Å². The van der Waals surface area contributed by atoms with E-state index < -0.39 is 0 Å². The average Bonchev–Trinajstić information content (AvgIpc) is 3.32. The third kappa shape index (κ3) is 5.73. The fourth-order valence-electron chi connectivity index (χ4n) is 3.85. The van der Waals surface area contributed by atoms with Crippen LogP contribution in [-0.4, -0.2) is 54.1 Å². The molecule has 1 N–H and O–H groups in total. The second-order valence-corrected chi connectivity index (χ2v) is 7.56. The zero-order valence-electron chi connectivity index (χ0n) is 17.6. The first kappa shape index (κ1) is 22.7. The number of hydrogen-bond acceptors (Lipinski definition) is 2. The van der Waals surface area contributed by atoms with Crippen molar-refractivity contribution in [1.82, 2.24) is 19.7 Å². The maximum absolute atomic E-state index is 4.51. The molecule has 0 aliphatic carbocycles. The molecule has 1 aromatic carbocycles. The molecule has 0 bridgehead atoms. The second-order valence-electron chi connectivity index (χ2n) is 7.56. The van der Waals surface area contributed by atoms with Crippen molar-refractivity contribution in [2.24, 2.45) is 12.0 Å². The molecule has 2 heterocycles. The van der Waals surface area contributed by atoms with E-state index in [9.17, 15) is 0 Å². The molecule has 0 saturated carbocycles. The van der Waals surface area contributed by atoms with Crippen molar-refractivity contribution < 1.29 is 0 Å². The summed E-state index contributed by atoms with van der Waals surface area (Å²) in [5.41, 5.74) is 3.97. The molecule has 0 radical (unpaired) electrons. The van der Waals surface area contributed by atoms with Crippen LogP contribution in [-0.2, 0) is 13.6 Å². The summed E-state index contributed by atoms with van der Waals surface area (Å²) >= 11 is 0. The predicted molar refractivity (Wildman–Crippen MR) is 128 cm³/mol. The van der Waals surface area contributed by atoms with Crippen LogP contribution in [0.25, 0.3) is 0 Å². The average molecular weight is 495 g/mol. The van der Waals surface area contributed by atoms with Gasteiger partial charge in [0.25, 0.3) is 0 Å². The minimum absolute atomic E-state index is 0. The van der Waals surface area contributed by atoms with E-state index in [4.69, 9.17) is 0 Å². The summed E-state index contributed by atoms with van der Waals surface area (Å²) in [5.74, 6) is 0.938. The fourth-order valence-corrected chi connectivity index (χ4v) is 3.85. The molecular formula is C22H34IN5. The van der Waals surface area contributed by atoms with Gasteiger partial charge in [0.1, 0.15) is 0 Å². The van der Waals surface area contributed by atoms with Crippen molar-refractivity contribution in [3.05, 3.63) is 59.4 Å². The molecule has 1 atom stereocenters. The van der Waals surface area contributed by atoms with Gasteiger partial charge in [-0.2, -0.15) is 0 Å². The van der Waals surface area contributed by atoms with Crippen molar-refractivity contribution >= 4 is 29.9 Å². The Morgan fingerprint density at radius 2 is 1.86 bits per heavy atom. The van der Waals surface area contributed by atoms with Crippen molar-refractivity contribution in [3.63, 3.8) is 0 Å². The van der Waals surface area contributed by atoms with Crippen LogP contribution in [0.4, 0.5) is 0 Å². The molecule has 1 aliphatic heterocycles. The van der Waals surface area contributed by atoms with Crippen LogP contribution < -0.4 is 5.32 Å². The maximum Gasteiger partial charge on any atom is 0.193 e. The third-order valence-corrected chi connectivity index (χ3v) is 5.52. The number of rotatable bonds is 6. The van der Waals surface area contributed by atoms with Gasteiger partial charge in [-0.05, 0) is 50.6 Å². The lowest BCUT2D eigenvalue weighted by Crippen LogP contribution is -2.43. The summed E-state index contributed by atoms with van der Waals surface area (Å²) in [6.07, 6.45) is 4.68. The second kappa shape index (κ2) is 10.9. The fraction of sp³-hybridized carbons (Fsp3) is 0.500. The van der Waals surface area contributed by atoms with Crippen molar-refractivity contribution in [1.29, 1.82) is 0 Å². The van der Waals surface area contributed by atoms with E-state index in [0.717, 1.165) is 19.0 Å². The van der Waals surface area contributed by atoms with Crippen molar-refractivity contribution in [2.75, 3.05) is 33.7 Å². The van der Waals surface area contributed by atoms with E-state index in [0.29, 0.717) is 6.04 Å². The molecule has 3 rings (SSSR count). The minimum Gasteiger partial charge on any atom is -0.354 e. The Morgan fingerprint density at radius 1 is 1.18 bits per heavy atom. The van der Waals surface area contributed by atoms with Gasteiger partial charge >= 0.3 is 0 Å². The third-order valence-electron chi connectivity index (χ3n) is 5.52. The Bertz CT molecular complexity index is 747. The van der Waals surface area contributed by atoms with Gasteiger partial charge in [-0.1, -0.05) is 29.8 Å². The quantitative estimate of drug-likeness (QED) is 0.377. The molecule has 0 spiro atoms. The van der Waals surface area contributed by atoms with Crippen LogP contribution in [0.5, 0.6) is 0 Å². The molecule has 1 unspecified atom stereocenters. The molecule has 5 nitrogen and oxygen atoms in total. The highest BCUT2D eigenvalue weighted by molar-refractivity contribution is 14.0. The van der Waals surface area contributed by atoms with Crippen molar-refractivity contribution in [2.45, 2.75) is 32.4 Å². The standard InChI is InChI=1S/C22H33N5.HI/c1-18-9-11-19(12-10-18)21(27-14-5-6-15-27)16-24-22(23-2)26(4)17-20-8-7-13-25(20)3;/h7-13,21H,5-6,14-17H2,1-4H3,(H,23,24);1H. The summed E-state index contributed by atoms with van der Waals surface area (Å²) in [6, 6.07) is 13.6. The number of aliphatic imine (C=N–C) groups is 1. The van der Waals surface area contributed by atoms with E-state index in [1.807, 2.05) is 7.05 Å². The molecule has 1 saturated heterocycles. The molecule has 2 aromatic rings. The lowest BCUT2D eigenvalue weighted by Gasteiger charge is -2.30. The number of guanidine groups is 1. The molecule has 1 aromatic heterocycles. The van der Waals surface area contributed by atoms with Gasteiger partial charge in [-0.3, -0.25) is 9.89 Å². The van der Waals surface area contributed by atoms with Crippen LogP contribution in [0.15, 0.2) is 47.6 Å². The SMILES string of the molecule is CN=C(NCC(c1ccc(C)cc1)N1CCCC1)N(C)Cc1cccn1C.I. The highest BCUT2D eigenvalue weighted by Gasteiger charge is 2.24. The lowest BCUT2D eigenvalue weighted by atomic mass is 10.0. The number of likely N-dealkylation sites (tertiary alicyclic amines) is 1. The summed E-state index contributed by atoms with van der Waals surface area (Å²) in [6.45, 7) is 6.21. The van der Waals surface area contributed by atoms with E-state index in [2.05, 4.69) is 88.3 Å². The first-order chi connectivity index (χ1) is 13.1. The molecule has 0 amide bonds. The lowest BCUT2D eigenvalue weighted by molar-refractivity contribution is 0.244. The number of aryl methyl sites for hydroxylation is 2. The predicted octanol–water partition coefficient (Wildman–Crippen LogP) is 3.80. The Hall–Kier alpha value is -1.54. The topological polar surface area (TPSA) is 35.8 Å². The molecular weight excluding hydrogens is 461 g/mol. The monoisotopic (exact) mass is 495 g/mol. The summed E-state index contributed by atoms with van der Waals surface area (Å²) < 4.78 is 2.16. The Morgan fingerprint density at radius 3 is 2.43 bits per heavy atom. The Balaban J connectivity index is 0.00000280. The van der Waals surface area contributed by atoms with Crippen molar-refractivity contribution in [3.8, 4) is 0 Å². The number of nitrogens with one attached hydrogen (secondary N) is 1. The van der Waals surface area contributed by atoms with Gasteiger partial charge in [0.15, 0.2) is 5.96 Å². The van der Waals surface area contributed by atoms with Crippen LogP contribution in [0, 0.1) is 6.92 Å². The molecule has 154 valence electrons. The molecule has 6 heteroatoms. The Kier molecular flexibility index (Phi) is 8.82. The maximum atomic E-state index is 4.51. The molecule has 28 heavy (non-hydrogen) atoms. The molecule has 1 fully saturated rings. The number of aromatic nitrogens is 1. The number of benzene rings is 1. The van der Waals surface area contributed by atoms with Crippen LogP contribution in [0.3, 0.4) is 0 Å². The van der Waals surface area contributed by atoms with Gasteiger partial charge in [-0.25, -0.2) is 0 Å². The van der Waals surface area contributed by atoms with Crippen LogP contribution >= 0.6 is 24.0 Å². The molecule has 1 aliphatic rings. The van der Waals surface area contributed by atoms with Gasteiger partial charge in [-0.15, -0.1) is 24.0 Å². The summed E-state index contributed by atoms with van der Waals surface area (Å²) in [4.78, 5) is 9.29. The first-order valence-corrected chi connectivity index (χ1v) is 9.91. The van der Waals surface area contributed by atoms with E-state index in [-0.39, 0.29) is 24.0 Å². The zero-order valence-corrected chi connectivity index (χ0v) is 19.9. The normalized spacial score (nSPS) is 15.9. The minimum atomic E-state index is 0. The number of hydrogen-bond donors (Lipinski definition) is 1. The van der Waals surface area contributed by atoms with Gasteiger partial charge in [0, 0.05) is 39.6 Å². The van der Waals surface area contributed by atoms with Gasteiger partial charge in [0.2, 0.25) is 0 Å². The van der Waals surface area contributed by atoms with E-state index in [1.54, 1.807) is 0 Å². The summed E-state index contributed by atoms with van der Waals surface area (Å²) in [5, 5.41) is 3.62. The number of halogens is 1. The van der Waals surface area contributed by atoms with Gasteiger partial charge < -0.3 is 14.8 Å².